The molecule has 0 fully saturated rings. The van der Waals surface area contributed by atoms with Crippen LogP contribution in [0.5, 0.6) is 0 Å². The fourth-order valence-corrected chi connectivity index (χ4v) is 2.21. The van der Waals surface area contributed by atoms with Crippen LogP contribution in [-0.2, 0) is 4.74 Å². The van der Waals surface area contributed by atoms with Gasteiger partial charge in [-0.2, -0.15) is 0 Å². The van der Waals surface area contributed by atoms with E-state index in [1.807, 2.05) is 12.1 Å². The summed E-state index contributed by atoms with van der Waals surface area (Å²) in [6, 6.07) is 12.3. The van der Waals surface area contributed by atoms with Gasteiger partial charge in [0.25, 0.3) is 0 Å². The first kappa shape index (κ1) is 14.0. The molecule has 0 spiro atoms. The molecule has 0 aromatic heterocycles. The molecular weight excluding hydrogens is 306 g/mol. The fourth-order valence-electron chi connectivity index (χ4n) is 1.83. The molecule has 0 radical (unpaired) electrons. The number of benzene rings is 2. The van der Waals surface area contributed by atoms with Crippen LogP contribution in [0.1, 0.15) is 5.56 Å². The van der Waals surface area contributed by atoms with Crippen molar-refractivity contribution in [2.45, 2.75) is 0 Å². The third-order valence-electron chi connectivity index (χ3n) is 2.78. The zero-order valence-corrected chi connectivity index (χ0v) is 12.3. The summed E-state index contributed by atoms with van der Waals surface area (Å²) in [4.78, 5) is 4.37. The van der Waals surface area contributed by atoms with Gasteiger partial charge in [0.1, 0.15) is 5.84 Å². The number of nitrogens with zero attached hydrogens (tertiary/aromatic N) is 1. The second-order valence-corrected chi connectivity index (χ2v) is 4.99. The highest BCUT2D eigenvalue weighted by molar-refractivity contribution is 9.10. The number of nitrogens with two attached hydrogens (primary N) is 1. The minimum atomic E-state index is 0.575. The van der Waals surface area contributed by atoms with Crippen molar-refractivity contribution in [2.75, 3.05) is 20.3 Å². The van der Waals surface area contributed by atoms with Crippen LogP contribution in [0.25, 0.3) is 10.8 Å². The van der Waals surface area contributed by atoms with E-state index in [1.165, 1.54) is 5.39 Å². The summed E-state index contributed by atoms with van der Waals surface area (Å²) in [5.41, 5.74) is 3.60. The van der Waals surface area contributed by atoms with Gasteiger partial charge in [0, 0.05) is 17.1 Å². The average Bonchev–Trinajstić information content (AvgIpc) is 2.43. The molecule has 0 aliphatic heterocycles. The van der Waals surface area contributed by atoms with E-state index >= 15 is 0 Å². The van der Waals surface area contributed by atoms with Gasteiger partial charge in [-0.15, -0.1) is 0 Å². The maximum atomic E-state index is 5.53. The van der Waals surface area contributed by atoms with Crippen molar-refractivity contribution in [2.24, 2.45) is 10.8 Å². The Balaban J connectivity index is 2.33. The standard InChI is InChI=1S/C14H16BrN3O/c1-19-7-6-17-14(18-16)12-3-2-11-9-13(15)5-4-10(11)8-12/h2-5,8-9H,6-7,16H2,1H3,(H,17,18). The smallest absolute Gasteiger partial charge is 0.142 e. The van der Waals surface area contributed by atoms with Crippen LogP contribution < -0.4 is 11.3 Å². The molecule has 5 heteroatoms. The third-order valence-corrected chi connectivity index (χ3v) is 3.27. The Hall–Kier alpha value is -1.43. The molecule has 0 atom stereocenters. The molecule has 3 N–H and O–H groups in total. The Labute approximate surface area is 120 Å². The molecule has 0 aliphatic carbocycles. The molecule has 2 aromatic carbocycles. The molecular formula is C14H16BrN3O. The van der Waals surface area contributed by atoms with Gasteiger partial charge < -0.3 is 10.2 Å². The molecule has 4 nitrogen and oxygen atoms in total. The van der Waals surface area contributed by atoms with Crippen LogP contribution in [0.15, 0.2) is 45.9 Å². The molecule has 19 heavy (non-hydrogen) atoms. The largest absolute Gasteiger partial charge is 0.383 e. The molecule has 0 unspecified atom stereocenters. The Morgan fingerprint density at radius 1 is 1.26 bits per heavy atom. The van der Waals surface area contributed by atoms with E-state index in [9.17, 15) is 0 Å². The van der Waals surface area contributed by atoms with Crippen molar-refractivity contribution in [3.8, 4) is 0 Å². The van der Waals surface area contributed by atoms with Crippen molar-refractivity contribution in [3.05, 3.63) is 46.4 Å². The normalized spacial score (nSPS) is 11.8. The molecule has 2 aromatic rings. The number of amidine groups is 1. The summed E-state index contributed by atoms with van der Waals surface area (Å²) in [6.07, 6.45) is 0. The fraction of sp³-hybridized carbons (Fsp3) is 0.214. The molecule has 2 rings (SSSR count). The summed E-state index contributed by atoms with van der Waals surface area (Å²) in [5, 5.41) is 2.32. The molecule has 0 aliphatic rings. The van der Waals surface area contributed by atoms with E-state index in [1.54, 1.807) is 7.11 Å². The second-order valence-electron chi connectivity index (χ2n) is 4.07. The van der Waals surface area contributed by atoms with E-state index in [4.69, 9.17) is 10.6 Å². The molecule has 100 valence electrons. The van der Waals surface area contributed by atoms with Gasteiger partial charge in [-0.05, 0) is 29.0 Å². The number of ether oxygens (including phenoxy) is 1. The highest BCUT2D eigenvalue weighted by Crippen LogP contribution is 2.21. The minimum absolute atomic E-state index is 0.575. The zero-order chi connectivity index (χ0) is 13.7. The average molecular weight is 322 g/mol. The predicted molar refractivity (Wildman–Crippen MR) is 82.3 cm³/mol. The topological polar surface area (TPSA) is 59.6 Å². The number of hydrogen-bond acceptors (Lipinski definition) is 3. The molecule has 0 bridgehead atoms. The maximum Gasteiger partial charge on any atom is 0.142 e. The van der Waals surface area contributed by atoms with Gasteiger partial charge in [0.15, 0.2) is 0 Å². The number of nitrogens with one attached hydrogen (secondary N) is 1. The monoisotopic (exact) mass is 321 g/mol. The van der Waals surface area contributed by atoms with Gasteiger partial charge in [-0.25, -0.2) is 5.84 Å². The minimum Gasteiger partial charge on any atom is -0.383 e. The number of fused-ring (bicyclic) bond motifs is 1. The Morgan fingerprint density at radius 2 is 2.00 bits per heavy atom. The SMILES string of the molecule is COCCN=C(NN)c1ccc2cc(Br)ccc2c1. The van der Waals surface area contributed by atoms with Crippen LogP contribution in [0.3, 0.4) is 0 Å². The highest BCUT2D eigenvalue weighted by atomic mass is 79.9. The maximum absolute atomic E-state index is 5.53. The van der Waals surface area contributed by atoms with Crippen LogP contribution >= 0.6 is 15.9 Å². The van der Waals surface area contributed by atoms with Crippen LogP contribution in [-0.4, -0.2) is 26.1 Å². The van der Waals surface area contributed by atoms with Crippen LogP contribution in [0.2, 0.25) is 0 Å². The first-order valence-corrected chi connectivity index (χ1v) is 6.73. The number of halogens is 1. The highest BCUT2D eigenvalue weighted by Gasteiger charge is 2.03. The molecule has 0 saturated heterocycles. The van der Waals surface area contributed by atoms with E-state index < -0.39 is 0 Å². The number of methoxy groups -OCH3 is 1. The van der Waals surface area contributed by atoms with Crippen molar-refractivity contribution < 1.29 is 4.74 Å². The van der Waals surface area contributed by atoms with Gasteiger partial charge in [0.05, 0.1) is 13.2 Å². The first-order valence-electron chi connectivity index (χ1n) is 5.94. The second kappa shape index (κ2) is 6.65. The quantitative estimate of drug-likeness (QED) is 0.299. The van der Waals surface area contributed by atoms with Crippen molar-refractivity contribution in [1.29, 1.82) is 0 Å². The van der Waals surface area contributed by atoms with Crippen LogP contribution in [0.4, 0.5) is 0 Å². The number of rotatable bonds is 4. The third kappa shape index (κ3) is 3.53. The van der Waals surface area contributed by atoms with E-state index in [-0.39, 0.29) is 0 Å². The number of hydrazine groups is 1. The molecule has 0 saturated carbocycles. The summed E-state index contributed by atoms with van der Waals surface area (Å²) >= 11 is 3.47. The van der Waals surface area contributed by atoms with Gasteiger partial charge in [0.2, 0.25) is 0 Å². The zero-order valence-electron chi connectivity index (χ0n) is 10.7. The molecule has 0 amide bonds. The lowest BCUT2D eigenvalue weighted by Gasteiger charge is -2.07. The van der Waals surface area contributed by atoms with E-state index in [2.05, 4.69) is 50.6 Å². The van der Waals surface area contributed by atoms with Gasteiger partial charge in [-0.1, -0.05) is 34.1 Å². The van der Waals surface area contributed by atoms with Gasteiger partial charge in [-0.3, -0.25) is 4.99 Å². The predicted octanol–water partition coefficient (Wildman–Crippen LogP) is 2.46. The van der Waals surface area contributed by atoms with Crippen molar-refractivity contribution in [3.63, 3.8) is 0 Å². The van der Waals surface area contributed by atoms with Crippen LogP contribution in [0, 0.1) is 0 Å². The summed E-state index contributed by atoms with van der Waals surface area (Å²) < 4.78 is 6.04. The lowest BCUT2D eigenvalue weighted by Crippen LogP contribution is -2.31. The van der Waals surface area contributed by atoms with Crippen molar-refractivity contribution in [1.82, 2.24) is 5.43 Å². The lowest BCUT2D eigenvalue weighted by molar-refractivity contribution is 0.208. The molecule has 0 heterocycles. The summed E-state index contributed by atoms with van der Waals surface area (Å²) in [7, 11) is 1.65. The number of hydrogen-bond donors (Lipinski definition) is 2. The Kier molecular flexibility index (Phi) is 4.90. The van der Waals surface area contributed by atoms with E-state index in [0.29, 0.717) is 19.0 Å². The Morgan fingerprint density at radius 3 is 2.74 bits per heavy atom. The summed E-state index contributed by atoms with van der Waals surface area (Å²) in [5.74, 6) is 6.19. The number of aliphatic imine (C=N–C) groups is 1. The van der Waals surface area contributed by atoms with Gasteiger partial charge >= 0.3 is 0 Å². The Bertz CT molecular complexity index is 598. The lowest BCUT2D eigenvalue weighted by atomic mass is 10.1. The van der Waals surface area contributed by atoms with Crippen molar-refractivity contribution >= 4 is 32.5 Å². The first-order chi connectivity index (χ1) is 9.24. The summed E-state index contributed by atoms with van der Waals surface area (Å²) in [6.45, 7) is 1.15. The van der Waals surface area contributed by atoms with E-state index in [0.717, 1.165) is 15.4 Å².